The number of nitrogens with zero attached hydrogens (tertiary/aromatic N) is 3. The van der Waals surface area contributed by atoms with E-state index in [1.165, 1.54) is 0 Å². The SMILES string of the molecule is CC(C)CC(CNC(=O)c1cccc2nc(CC(=O)O)cn12)c1cccnc1. The number of imidazole rings is 1. The molecule has 1 atom stereocenters. The molecule has 0 aromatic carbocycles. The molecule has 0 saturated carbocycles. The quantitative estimate of drug-likeness (QED) is 0.626. The maximum absolute atomic E-state index is 12.8. The normalized spacial score (nSPS) is 12.2. The Labute approximate surface area is 163 Å². The number of aliphatic carboxylic acids is 1. The van der Waals surface area contributed by atoms with Crippen LogP contribution < -0.4 is 5.32 Å². The molecule has 1 unspecified atom stereocenters. The van der Waals surface area contributed by atoms with Crippen molar-refractivity contribution in [3.63, 3.8) is 0 Å². The molecule has 0 fully saturated rings. The van der Waals surface area contributed by atoms with Crippen LogP contribution in [-0.4, -0.2) is 37.9 Å². The molecular formula is C21H24N4O3. The van der Waals surface area contributed by atoms with Gasteiger partial charge in [0.15, 0.2) is 0 Å². The lowest BCUT2D eigenvalue weighted by atomic mass is 9.91. The molecule has 2 N–H and O–H groups in total. The maximum Gasteiger partial charge on any atom is 0.309 e. The number of carboxylic acid groups (broad SMARTS) is 1. The van der Waals surface area contributed by atoms with E-state index in [-0.39, 0.29) is 18.2 Å². The summed E-state index contributed by atoms with van der Waals surface area (Å²) in [4.78, 5) is 32.2. The van der Waals surface area contributed by atoms with E-state index in [2.05, 4.69) is 29.1 Å². The second-order valence-electron chi connectivity index (χ2n) is 7.26. The Balaban J connectivity index is 1.78. The average Bonchev–Trinajstić information content (AvgIpc) is 3.06. The average molecular weight is 380 g/mol. The van der Waals surface area contributed by atoms with Crippen molar-refractivity contribution in [2.45, 2.75) is 32.6 Å². The first-order chi connectivity index (χ1) is 13.4. The summed E-state index contributed by atoms with van der Waals surface area (Å²) in [7, 11) is 0. The molecule has 0 saturated heterocycles. The number of pyridine rings is 2. The van der Waals surface area contributed by atoms with Crippen molar-refractivity contribution in [2.75, 3.05) is 6.54 Å². The summed E-state index contributed by atoms with van der Waals surface area (Å²) in [6, 6.07) is 9.13. The van der Waals surface area contributed by atoms with Crippen LogP contribution in [-0.2, 0) is 11.2 Å². The fraction of sp³-hybridized carbons (Fsp3) is 0.333. The van der Waals surface area contributed by atoms with Gasteiger partial charge in [0.1, 0.15) is 11.3 Å². The summed E-state index contributed by atoms with van der Waals surface area (Å²) < 4.78 is 1.63. The molecule has 0 bridgehead atoms. The highest BCUT2D eigenvalue weighted by Gasteiger charge is 2.17. The summed E-state index contributed by atoms with van der Waals surface area (Å²) >= 11 is 0. The van der Waals surface area contributed by atoms with Gasteiger partial charge in [0.05, 0.1) is 12.1 Å². The van der Waals surface area contributed by atoms with Crippen molar-refractivity contribution >= 4 is 17.5 Å². The number of fused-ring (bicyclic) bond motifs is 1. The van der Waals surface area contributed by atoms with Crippen LogP contribution in [0.4, 0.5) is 0 Å². The number of carbonyl (C=O) groups is 2. The molecule has 1 amide bonds. The topological polar surface area (TPSA) is 96.6 Å². The summed E-state index contributed by atoms with van der Waals surface area (Å²) in [5.74, 6) is -0.523. The second-order valence-corrected chi connectivity index (χ2v) is 7.26. The van der Waals surface area contributed by atoms with Crippen LogP contribution in [0.3, 0.4) is 0 Å². The minimum atomic E-state index is -0.956. The third kappa shape index (κ3) is 4.73. The van der Waals surface area contributed by atoms with Crippen molar-refractivity contribution in [3.05, 3.63) is 65.9 Å². The van der Waals surface area contributed by atoms with Crippen LogP contribution in [0.2, 0.25) is 0 Å². The Morgan fingerprint density at radius 1 is 1.21 bits per heavy atom. The molecule has 28 heavy (non-hydrogen) atoms. The van der Waals surface area contributed by atoms with Gasteiger partial charge in [0.2, 0.25) is 0 Å². The molecule has 7 heteroatoms. The zero-order valence-electron chi connectivity index (χ0n) is 16.0. The first-order valence-corrected chi connectivity index (χ1v) is 9.31. The Hall–Kier alpha value is -3.22. The van der Waals surface area contributed by atoms with E-state index in [0.29, 0.717) is 29.5 Å². The molecule has 146 valence electrons. The summed E-state index contributed by atoms with van der Waals surface area (Å²) in [6.07, 6.45) is 5.94. The van der Waals surface area contributed by atoms with E-state index in [9.17, 15) is 9.59 Å². The van der Waals surface area contributed by atoms with Crippen molar-refractivity contribution < 1.29 is 14.7 Å². The minimum Gasteiger partial charge on any atom is -0.481 e. The van der Waals surface area contributed by atoms with Gasteiger partial charge in [-0.3, -0.25) is 19.0 Å². The van der Waals surface area contributed by atoms with Gasteiger partial charge in [-0.2, -0.15) is 0 Å². The summed E-state index contributed by atoms with van der Waals surface area (Å²) in [5, 5.41) is 12.0. The van der Waals surface area contributed by atoms with E-state index in [1.807, 2.05) is 18.3 Å². The molecule has 0 spiro atoms. The smallest absolute Gasteiger partial charge is 0.309 e. The highest BCUT2D eigenvalue weighted by molar-refractivity contribution is 5.93. The number of amides is 1. The number of rotatable bonds is 8. The molecule has 7 nitrogen and oxygen atoms in total. The maximum atomic E-state index is 12.8. The number of carbonyl (C=O) groups excluding carboxylic acids is 1. The third-order valence-electron chi connectivity index (χ3n) is 4.53. The van der Waals surface area contributed by atoms with Gasteiger partial charge in [-0.1, -0.05) is 26.0 Å². The zero-order chi connectivity index (χ0) is 20.1. The first-order valence-electron chi connectivity index (χ1n) is 9.31. The molecule has 3 aromatic heterocycles. The number of hydrogen-bond acceptors (Lipinski definition) is 4. The highest BCUT2D eigenvalue weighted by Crippen LogP contribution is 2.22. The predicted molar refractivity (Wildman–Crippen MR) is 105 cm³/mol. The molecule has 3 aromatic rings. The lowest BCUT2D eigenvalue weighted by molar-refractivity contribution is -0.136. The third-order valence-corrected chi connectivity index (χ3v) is 4.53. The van der Waals surface area contributed by atoms with Crippen molar-refractivity contribution in [1.82, 2.24) is 19.7 Å². The van der Waals surface area contributed by atoms with Crippen LogP contribution in [0, 0.1) is 5.92 Å². The first kappa shape index (κ1) is 19.5. The Morgan fingerprint density at radius 3 is 2.71 bits per heavy atom. The number of aromatic nitrogens is 3. The van der Waals surface area contributed by atoms with Crippen molar-refractivity contribution in [2.24, 2.45) is 5.92 Å². The Bertz CT molecular complexity index is 966. The summed E-state index contributed by atoms with van der Waals surface area (Å²) in [6.45, 7) is 4.80. The van der Waals surface area contributed by atoms with E-state index in [1.54, 1.807) is 35.0 Å². The highest BCUT2D eigenvalue weighted by atomic mass is 16.4. The van der Waals surface area contributed by atoms with E-state index in [0.717, 1.165) is 12.0 Å². The zero-order valence-corrected chi connectivity index (χ0v) is 16.0. The number of carboxylic acids is 1. The van der Waals surface area contributed by atoms with E-state index >= 15 is 0 Å². The fourth-order valence-electron chi connectivity index (χ4n) is 3.32. The molecular weight excluding hydrogens is 356 g/mol. The largest absolute Gasteiger partial charge is 0.481 e. The van der Waals surface area contributed by atoms with E-state index in [4.69, 9.17) is 5.11 Å². The molecule has 0 aliphatic carbocycles. The van der Waals surface area contributed by atoms with Crippen LogP contribution in [0.15, 0.2) is 48.9 Å². The fourth-order valence-corrected chi connectivity index (χ4v) is 3.32. The van der Waals surface area contributed by atoms with Gasteiger partial charge in [-0.15, -0.1) is 0 Å². The van der Waals surface area contributed by atoms with Gasteiger partial charge in [-0.25, -0.2) is 4.98 Å². The molecule has 3 heterocycles. The standard InChI is InChI=1S/C21H24N4O3/c1-14(2)9-16(15-5-4-8-22-11-15)12-23-21(28)18-6-3-7-19-24-17(10-20(26)27)13-25(18)19/h3-8,11,13-14,16H,9-10,12H2,1-2H3,(H,23,28)(H,26,27). The molecule has 0 aliphatic rings. The number of nitrogens with one attached hydrogen (secondary N) is 1. The van der Waals surface area contributed by atoms with E-state index < -0.39 is 5.97 Å². The van der Waals surface area contributed by atoms with Crippen molar-refractivity contribution in [1.29, 1.82) is 0 Å². The van der Waals surface area contributed by atoms with Crippen LogP contribution in [0.1, 0.15) is 47.9 Å². The Morgan fingerprint density at radius 2 is 2.04 bits per heavy atom. The second kappa shape index (κ2) is 8.65. The molecule has 0 aliphatic heterocycles. The van der Waals surface area contributed by atoms with Gasteiger partial charge in [-0.05, 0) is 36.1 Å². The van der Waals surface area contributed by atoms with Crippen LogP contribution in [0.5, 0.6) is 0 Å². The van der Waals surface area contributed by atoms with Crippen molar-refractivity contribution in [3.8, 4) is 0 Å². The lowest BCUT2D eigenvalue weighted by Crippen LogP contribution is -2.30. The van der Waals surface area contributed by atoms with Gasteiger partial charge in [0, 0.05) is 31.1 Å². The van der Waals surface area contributed by atoms with Crippen LogP contribution in [0.25, 0.3) is 5.65 Å². The molecule has 0 radical (unpaired) electrons. The van der Waals surface area contributed by atoms with Crippen LogP contribution >= 0.6 is 0 Å². The molecule has 3 rings (SSSR count). The number of hydrogen-bond donors (Lipinski definition) is 2. The monoisotopic (exact) mass is 380 g/mol. The predicted octanol–water partition coefficient (Wildman–Crippen LogP) is 2.92. The van der Waals surface area contributed by atoms with Gasteiger partial charge in [0.25, 0.3) is 5.91 Å². The van der Waals surface area contributed by atoms with Gasteiger partial charge >= 0.3 is 5.97 Å². The van der Waals surface area contributed by atoms with Gasteiger partial charge < -0.3 is 10.4 Å². The Kier molecular flexibility index (Phi) is 6.03. The lowest BCUT2D eigenvalue weighted by Gasteiger charge is -2.20. The minimum absolute atomic E-state index is 0.169. The summed E-state index contributed by atoms with van der Waals surface area (Å²) in [5.41, 5.74) is 2.49.